The summed E-state index contributed by atoms with van der Waals surface area (Å²) < 4.78 is 5.13. The summed E-state index contributed by atoms with van der Waals surface area (Å²) >= 11 is 0. The Morgan fingerprint density at radius 3 is 2.93 bits per heavy atom. The summed E-state index contributed by atoms with van der Waals surface area (Å²) in [7, 11) is 1.79. The lowest BCUT2D eigenvalue weighted by molar-refractivity contribution is 0.212. The van der Waals surface area contributed by atoms with Gasteiger partial charge in [0, 0.05) is 39.2 Å². The Balaban J connectivity index is 1.54. The normalized spacial score (nSPS) is 29.4. The van der Waals surface area contributed by atoms with Crippen LogP contribution in [0.3, 0.4) is 0 Å². The van der Waals surface area contributed by atoms with E-state index in [1.165, 1.54) is 45.6 Å². The van der Waals surface area contributed by atoms with Crippen LogP contribution in [0.25, 0.3) is 0 Å². The Morgan fingerprint density at radius 1 is 1.43 bits per heavy atom. The molecular formula is C11H21N2O. The van der Waals surface area contributed by atoms with Gasteiger partial charge in [0.05, 0.1) is 6.61 Å². The lowest BCUT2D eigenvalue weighted by Gasteiger charge is -2.27. The molecule has 1 heterocycles. The maximum atomic E-state index is 5.13. The first-order valence-electron chi connectivity index (χ1n) is 5.66. The monoisotopic (exact) mass is 197 g/mol. The number of hydrogen-bond donors (Lipinski definition) is 1. The van der Waals surface area contributed by atoms with Crippen LogP contribution in [0, 0.1) is 11.8 Å². The van der Waals surface area contributed by atoms with Crippen molar-refractivity contribution in [3.63, 3.8) is 0 Å². The number of nitrogens with one attached hydrogen (secondary N) is 1. The van der Waals surface area contributed by atoms with Crippen molar-refractivity contribution in [3.8, 4) is 0 Å². The van der Waals surface area contributed by atoms with Crippen LogP contribution >= 0.6 is 0 Å². The van der Waals surface area contributed by atoms with Crippen LogP contribution in [0.1, 0.15) is 12.8 Å². The minimum absolute atomic E-state index is 0.879. The molecule has 0 aromatic carbocycles. The van der Waals surface area contributed by atoms with Gasteiger partial charge in [-0.25, -0.2) is 0 Å². The number of hydrogen-bond acceptors (Lipinski definition) is 3. The highest BCUT2D eigenvalue weighted by Crippen LogP contribution is 2.43. The van der Waals surface area contributed by atoms with E-state index in [0.717, 1.165) is 12.5 Å². The van der Waals surface area contributed by atoms with Crippen LogP contribution < -0.4 is 5.32 Å². The van der Waals surface area contributed by atoms with Crippen LogP contribution in [0.15, 0.2) is 0 Å². The fourth-order valence-electron chi connectivity index (χ4n) is 2.20. The predicted octanol–water partition coefficient (Wildman–Crippen LogP) is 0.522. The molecule has 1 saturated carbocycles. The average molecular weight is 197 g/mol. The summed E-state index contributed by atoms with van der Waals surface area (Å²) in [6.45, 7) is 6.96. The van der Waals surface area contributed by atoms with Gasteiger partial charge in [-0.2, -0.15) is 0 Å². The predicted molar refractivity (Wildman–Crippen MR) is 57.2 cm³/mol. The molecule has 3 heteroatoms. The molecule has 0 aromatic rings. The molecule has 0 amide bonds. The maximum Gasteiger partial charge on any atom is 0.0527 e. The van der Waals surface area contributed by atoms with Crippen molar-refractivity contribution in [2.75, 3.05) is 46.4 Å². The molecule has 1 saturated heterocycles. The number of piperazine rings is 1. The maximum absolute atomic E-state index is 5.13. The van der Waals surface area contributed by atoms with Crippen molar-refractivity contribution >= 4 is 0 Å². The van der Waals surface area contributed by atoms with Crippen molar-refractivity contribution in [1.82, 2.24) is 10.2 Å². The molecule has 0 spiro atoms. The molecule has 0 bridgehead atoms. The molecule has 14 heavy (non-hydrogen) atoms. The Hall–Kier alpha value is -0.120. The fraction of sp³-hybridized carbons (Fsp3) is 0.909. The van der Waals surface area contributed by atoms with Gasteiger partial charge < -0.3 is 15.0 Å². The third-order valence-electron chi connectivity index (χ3n) is 3.26. The van der Waals surface area contributed by atoms with E-state index in [-0.39, 0.29) is 0 Å². The zero-order chi connectivity index (χ0) is 9.80. The van der Waals surface area contributed by atoms with Crippen LogP contribution in [0.2, 0.25) is 0 Å². The minimum Gasteiger partial charge on any atom is -0.384 e. The standard InChI is InChI=1S/C11H21N2O/c1-14-9-11-8-10(11)2-5-13-6-3-12-4-7-13/h10,12H,2-9H2,1H3/t10-/m0/s1. The number of methoxy groups -OCH3 is 1. The van der Waals surface area contributed by atoms with Gasteiger partial charge in [0.25, 0.3) is 0 Å². The van der Waals surface area contributed by atoms with Crippen molar-refractivity contribution in [1.29, 1.82) is 0 Å². The fourth-order valence-corrected chi connectivity index (χ4v) is 2.20. The zero-order valence-corrected chi connectivity index (χ0v) is 9.09. The molecule has 81 valence electrons. The van der Waals surface area contributed by atoms with E-state index >= 15 is 0 Å². The molecule has 2 fully saturated rings. The Kier molecular flexibility index (Phi) is 3.79. The molecule has 2 rings (SSSR count). The van der Waals surface area contributed by atoms with Crippen LogP contribution in [0.4, 0.5) is 0 Å². The summed E-state index contributed by atoms with van der Waals surface area (Å²) in [5.41, 5.74) is 0. The molecular weight excluding hydrogens is 176 g/mol. The van der Waals surface area contributed by atoms with Crippen molar-refractivity contribution < 1.29 is 4.74 Å². The molecule has 1 aliphatic heterocycles. The first kappa shape index (κ1) is 10.4. The Bertz CT molecular complexity index is 169. The van der Waals surface area contributed by atoms with Crippen LogP contribution in [-0.2, 0) is 4.74 Å². The number of ether oxygens (including phenoxy) is 1. The summed E-state index contributed by atoms with van der Waals surface area (Å²) in [5, 5.41) is 3.38. The summed E-state index contributed by atoms with van der Waals surface area (Å²) in [5.74, 6) is 2.51. The molecule has 1 aliphatic carbocycles. The van der Waals surface area contributed by atoms with Crippen molar-refractivity contribution in [3.05, 3.63) is 5.92 Å². The molecule has 0 unspecified atom stereocenters. The highest BCUT2D eigenvalue weighted by Gasteiger charge is 2.37. The lowest BCUT2D eigenvalue weighted by atomic mass is 10.2. The van der Waals surface area contributed by atoms with E-state index < -0.39 is 0 Å². The van der Waals surface area contributed by atoms with Gasteiger partial charge in [-0.3, -0.25) is 0 Å². The van der Waals surface area contributed by atoms with Gasteiger partial charge >= 0.3 is 0 Å². The first-order valence-corrected chi connectivity index (χ1v) is 5.66. The van der Waals surface area contributed by atoms with Gasteiger partial charge in [-0.1, -0.05) is 0 Å². The van der Waals surface area contributed by atoms with E-state index in [0.29, 0.717) is 0 Å². The smallest absolute Gasteiger partial charge is 0.0527 e. The van der Waals surface area contributed by atoms with E-state index in [4.69, 9.17) is 4.74 Å². The lowest BCUT2D eigenvalue weighted by Crippen LogP contribution is -2.43. The highest BCUT2D eigenvalue weighted by molar-refractivity contribution is 5.13. The van der Waals surface area contributed by atoms with Crippen LogP contribution in [0.5, 0.6) is 0 Å². The third-order valence-corrected chi connectivity index (χ3v) is 3.26. The minimum atomic E-state index is 0.879. The highest BCUT2D eigenvalue weighted by atomic mass is 16.5. The van der Waals surface area contributed by atoms with E-state index in [9.17, 15) is 0 Å². The van der Waals surface area contributed by atoms with Crippen molar-refractivity contribution in [2.24, 2.45) is 5.92 Å². The van der Waals surface area contributed by atoms with E-state index in [1.54, 1.807) is 13.0 Å². The molecule has 2 aliphatic rings. The molecule has 1 atom stereocenters. The summed E-state index contributed by atoms with van der Waals surface area (Å²) in [6, 6.07) is 0. The quantitative estimate of drug-likeness (QED) is 0.695. The van der Waals surface area contributed by atoms with Gasteiger partial charge in [0.1, 0.15) is 0 Å². The molecule has 3 nitrogen and oxygen atoms in total. The van der Waals surface area contributed by atoms with E-state index in [1.807, 2.05) is 0 Å². The van der Waals surface area contributed by atoms with Crippen molar-refractivity contribution in [2.45, 2.75) is 12.8 Å². The number of nitrogens with zero attached hydrogens (tertiary/aromatic N) is 1. The average Bonchev–Trinajstić information content (AvgIpc) is 2.96. The Labute approximate surface area is 86.8 Å². The van der Waals surface area contributed by atoms with Gasteiger partial charge in [0.15, 0.2) is 0 Å². The topological polar surface area (TPSA) is 24.5 Å². The van der Waals surface area contributed by atoms with E-state index in [2.05, 4.69) is 10.2 Å². The molecule has 0 aromatic heterocycles. The van der Waals surface area contributed by atoms with Crippen LogP contribution in [-0.4, -0.2) is 51.3 Å². The second-order valence-corrected chi connectivity index (χ2v) is 4.37. The van der Waals surface area contributed by atoms with Gasteiger partial charge in [0.2, 0.25) is 0 Å². The zero-order valence-electron chi connectivity index (χ0n) is 9.09. The second kappa shape index (κ2) is 5.10. The molecule has 1 N–H and O–H groups in total. The van der Waals surface area contributed by atoms with Gasteiger partial charge in [-0.15, -0.1) is 0 Å². The first-order chi connectivity index (χ1) is 6.90. The third kappa shape index (κ3) is 2.94. The molecule has 1 radical (unpaired) electrons. The largest absolute Gasteiger partial charge is 0.384 e. The SMILES string of the molecule is COC[C]1C[C@@H]1CCN1CCNCC1. The number of rotatable bonds is 5. The summed E-state index contributed by atoms with van der Waals surface area (Å²) in [6.07, 6.45) is 2.67. The second-order valence-electron chi connectivity index (χ2n) is 4.37. The van der Waals surface area contributed by atoms with Gasteiger partial charge in [-0.05, 0) is 25.3 Å². The Morgan fingerprint density at radius 2 is 2.21 bits per heavy atom. The summed E-state index contributed by atoms with van der Waals surface area (Å²) in [4.78, 5) is 2.57.